The summed E-state index contributed by atoms with van der Waals surface area (Å²) in [5, 5.41) is 0. The molecule has 0 saturated carbocycles. The average Bonchev–Trinajstić information content (AvgIpc) is 2.44. The first-order valence-corrected chi connectivity index (χ1v) is 6.59. The molecule has 1 rings (SSSR count). The zero-order valence-corrected chi connectivity index (χ0v) is 12.5. The van der Waals surface area contributed by atoms with Crippen molar-refractivity contribution >= 4 is 17.5 Å². The van der Waals surface area contributed by atoms with Crippen molar-refractivity contribution in [2.45, 2.75) is 13.5 Å². The van der Waals surface area contributed by atoms with Crippen LogP contribution in [0.2, 0.25) is 0 Å². The van der Waals surface area contributed by atoms with Gasteiger partial charge in [0.05, 0.1) is 14.2 Å². The Balaban J connectivity index is 2.90. The van der Waals surface area contributed by atoms with E-state index in [0.717, 1.165) is 5.56 Å². The predicted octanol–water partition coefficient (Wildman–Crippen LogP) is 2.54. The summed E-state index contributed by atoms with van der Waals surface area (Å²) in [5.41, 5.74) is 0.902. The molecule has 1 aromatic rings. The number of amides is 1. The second kappa shape index (κ2) is 7.24. The third-order valence-electron chi connectivity index (χ3n) is 2.92. The monoisotopic (exact) mass is 285 g/mol. The van der Waals surface area contributed by atoms with Crippen LogP contribution in [0.15, 0.2) is 18.2 Å². The summed E-state index contributed by atoms with van der Waals surface area (Å²) in [6.07, 6.45) is 0. The lowest BCUT2D eigenvalue weighted by Crippen LogP contribution is -2.32. The summed E-state index contributed by atoms with van der Waals surface area (Å²) in [7, 11) is 4.93. The van der Waals surface area contributed by atoms with E-state index in [9.17, 15) is 4.79 Å². The fourth-order valence-corrected chi connectivity index (χ4v) is 1.99. The molecule has 1 atom stereocenters. The first-order chi connectivity index (χ1) is 9.04. The second-order valence-corrected chi connectivity index (χ2v) is 4.71. The summed E-state index contributed by atoms with van der Waals surface area (Å²) >= 11 is 5.71. The first-order valence-electron chi connectivity index (χ1n) is 6.06. The topological polar surface area (TPSA) is 38.8 Å². The predicted molar refractivity (Wildman–Crippen MR) is 75.9 cm³/mol. The minimum absolute atomic E-state index is 0.0138. The van der Waals surface area contributed by atoms with Crippen LogP contribution in [0.3, 0.4) is 0 Å². The van der Waals surface area contributed by atoms with E-state index in [1.165, 1.54) is 0 Å². The Bertz CT molecular complexity index is 437. The Labute approximate surface area is 119 Å². The molecule has 1 amide bonds. The van der Waals surface area contributed by atoms with E-state index >= 15 is 0 Å². The van der Waals surface area contributed by atoms with Crippen molar-refractivity contribution in [1.82, 2.24) is 4.90 Å². The lowest BCUT2D eigenvalue weighted by molar-refractivity contribution is -0.133. The largest absolute Gasteiger partial charge is 0.493 e. The zero-order chi connectivity index (χ0) is 14.4. The normalized spacial score (nSPS) is 11.8. The number of rotatable bonds is 6. The minimum Gasteiger partial charge on any atom is -0.493 e. The van der Waals surface area contributed by atoms with Crippen molar-refractivity contribution in [2.24, 2.45) is 5.92 Å². The van der Waals surface area contributed by atoms with Gasteiger partial charge in [0.2, 0.25) is 5.91 Å². The van der Waals surface area contributed by atoms with Crippen molar-refractivity contribution in [1.29, 1.82) is 0 Å². The Kier molecular flexibility index (Phi) is 5.96. The van der Waals surface area contributed by atoms with Gasteiger partial charge in [-0.2, -0.15) is 0 Å². The fourth-order valence-electron chi connectivity index (χ4n) is 1.85. The number of hydrogen-bond acceptors (Lipinski definition) is 3. The van der Waals surface area contributed by atoms with E-state index in [4.69, 9.17) is 21.1 Å². The number of halogens is 1. The molecular formula is C14H20ClNO3. The Morgan fingerprint density at radius 2 is 2.05 bits per heavy atom. The van der Waals surface area contributed by atoms with Gasteiger partial charge < -0.3 is 14.4 Å². The van der Waals surface area contributed by atoms with Crippen LogP contribution >= 0.6 is 11.6 Å². The van der Waals surface area contributed by atoms with Crippen molar-refractivity contribution < 1.29 is 14.3 Å². The lowest BCUT2D eigenvalue weighted by Gasteiger charge is -2.22. The summed E-state index contributed by atoms with van der Waals surface area (Å²) in [4.78, 5) is 13.6. The number of benzene rings is 1. The molecule has 0 spiro atoms. The molecule has 0 aliphatic rings. The lowest BCUT2D eigenvalue weighted by atomic mass is 10.1. The molecule has 0 aliphatic carbocycles. The van der Waals surface area contributed by atoms with E-state index in [0.29, 0.717) is 23.9 Å². The van der Waals surface area contributed by atoms with Crippen LogP contribution < -0.4 is 9.47 Å². The number of alkyl halides is 1. The van der Waals surface area contributed by atoms with E-state index in [2.05, 4.69) is 0 Å². The second-order valence-electron chi connectivity index (χ2n) is 4.40. The highest BCUT2D eigenvalue weighted by Crippen LogP contribution is 2.31. The maximum absolute atomic E-state index is 12.0. The SMILES string of the molecule is COc1cccc(CN(C)C(=O)C(C)CCl)c1OC. The molecule has 1 aromatic carbocycles. The fraction of sp³-hybridized carbons (Fsp3) is 0.500. The highest BCUT2D eigenvalue weighted by Gasteiger charge is 2.18. The molecule has 0 heterocycles. The van der Waals surface area contributed by atoms with Gasteiger partial charge in [0.1, 0.15) is 0 Å². The average molecular weight is 286 g/mol. The standard InChI is InChI=1S/C14H20ClNO3/c1-10(8-15)14(17)16(2)9-11-6-5-7-12(18-3)13(11)19-4/h5-7,10H,8-9H2,1-4H3. The van der Waals surface area contributed by atoms with Crippen molar-refractivity contribution in [3.63, 3.8) is 0 Å². The number of carbonyl (C=O) groups is 1. The van der Waals surface area contributed by atoms with E-state index < -0.39 is 0 Å². The van der Waals surface area contributed by atoms with Crippen LogP contribution in [0.5, 0.6) is 11.5 Å². The zero-order valence-electron chi connectivity index (χ0n) is 11.8. The first kappa shape index (κ1) is 15.6. The van der Waals surface area contributed by atoms with Gasteiger partial charge in [-0.05, 0) is 6.07 Å². The molecule has 0 bridgehead atoms. The van der Waals surface area contributed by atoms with E-state index in [1.807, 2.05) is 25.1 Å². The molecule has 0 aliphatic heterocycles. The number of hydrogen-bond donors (Lipinski definition) is 0. The Morgan fingerprint density at radius 1 is 1.37 bits per heavy atom. The van der Waals surface area contributed by atoms with Crippen LogP contribution in [-0.2, 0) is 11.3 Å². The summed E-state index contributed by atoms with van der Waals surface area (Å²) < 4.78 is 10.6. The number of nitrogens with zero attached hydrogens (tertiary/aromatic N) is 1. The van der Waals surface area contributed by atoms with Crippen LogP contribution in [0, 0.1) is 5.92 Å². The van der Waals surface area contributed by atoms with Crippen LogP contribution in [-0.4, -0.2) is 38.0 Å². The third-order valence-corrected chi connectivity index (χ3v) is 3.38. The van der Waals surface area contributed by atoms with Gasteiger partial charge in [0, 0.05) is 31.0 Å². The summed E-state index contributed by atoms with van der Waals surface area (Å²) in [6.45, 7) is 2.27. The quantitative estimate of drug-likeness (QED) is 0.754. The highest BCUT2D eigenvalue weighted by atomic mass is 35.5. The Hall–Kier alpha value is -1.42. The number of methoxy groups -OCH3 is 2. The smallest absolute Gasteiger partial charge is 0.226 e. The van der Waals surface area contributed by atoms with E-state index in [1.54, 1.807) is 26.2 Å². The summed E-state index contributed by atoms with van der Waals surface area (Å²) in [5.74, 6) is 1.45. The molecule has 106 valence electrons. The van der Waals surface area contributed by atoms with Crippen molar-refractivity contribution in [2.75, 3.05) is 27.1 Å². The van der Waals surface area contributed by atoms with E-state index in [-0.39, 0.29) is 11.8 Å². The molecule has 1 unspecified atom stereocenters. The van der Waals surface area contributed by atoms with Gasteiger partial charge in [-0.3, -0.25) is 4.79 Å². The minimum atomic E-state index is -0.191. The van der Waals surface area contributed by atoms with Gasteiger partial charge in [0.15, 0.2) is 11.5 Å². The van der Waals surface area contributed by atoms with Gasteiger partial charge in [-0.1, -0.05) is 19.1 Å². The Morgan fingerprint density at radius 3 is 2.58 bits per heavy atom. The van der Waals surface area contributed by atoms with Gasteiger partial charge in [-0.25, -0.2) is 0 Å². The van der Waals surface area contributed by atoms with Gasteiger partial charge in [0.25, 0.3) is 0 Å². The molecule has 0 saturated heterocycles. The third kappa shape index (κ3) is 3.77. The van der Waals surface area contributed by atoms with Crippen LogP contribution in [0.25, 0.3) is 0 Å². The molecule has 0 aromatic heterocycles. The molecule has 0 radical (unpaired) electrons. The van der Waals surface area contributed by atoms with Crippen LogP contribution in [0.1, 0.15) is 12.5 Å². The number of ether oxygens (including phenoxy) is 2. The maximum Gasteiger partial charge on any atom is 0.226 e. The number of carbonyl (C=O) groups excluding carboxylic acids is 1. The van der Waals surface area contributed by atoms with Crippen molar-refractivity contribution in [3.05, 3.63) is 23.8 Å². The molecular weight excluding hydrogens is 266 g/mol. The number of para-hydroxylation sites is 1. The molecule has 4 nitrogen and oxygen atoms in total. The molecule has 0 fully saturated rings. The molecule has 19 heavy (non-hydrogen) atoms. The summed E-state index contributed by atoms with van der Waals surface area (Å²) in [6, 6.07) is 5.61. The molecule has 0 N–H and O–H groups in total. The molecule has 5 heteroatoms. The van der Waals surface area contributed by atoms with Gasteiger partial charge in [-0.15, -0.1) is 11.6 Å². The van der Waals surface area contributed by atoms with Crippen LogP contribution in [0.4, 0.5) is 0 Å². The maximum atomic E-state index is 12.0. The highest BCUT2D eigenvalue weighted by molar-refractivity contribution is 6.19. The van der Waals surface area contributed by atoms with Crippen molar-refractivity contribution in [3.8, 4) is 11.5 Å². The van der Waals surface area contributed by atoms with Gasteiger partial charge >= 0.3 is 0 Å².